The standard InChI is InChI=1S/C64H111N2O7P/c1-7-10-13-16-19-22-25-27-29-30-31-32-33-34-35-36-37-39-42-45-48-51-54-57-64(68)73-62(55-52-49-46-43-40-24-21-18-15-12-9-3)61(60-72-74(69,70)71-59-58-66(4,5)6)65-63(67)56-53-50-47-44-41-38-28-26-23-20-17-14-11-8-2/h10-11,13-14,19-20,22-23,27-29,31-32,34-35,38,52,55,61-62H,7-9,12,15-18,21,24-26,30,33,36-37,39-51,53-54,56-60H2,1-6H3,(H-,65,67,69,70)/b13-10-,14-11+,22-19-,23-20+,29-27-,32-31-,35-34-,38-28+,55-52-. The van der Waals surface area contributed by atoms with Crippen LogP contribution in [0.25, 0.3) is 0 Å². The van der Waals surface area contributed by atoms with Crippen LogP contribution in [0.4, 0.5) is 0 Å². The van der Waals surface area contributed by atoms with Crippen LogP contribution in [0, 0.1) is 0 Å². The van der Waals surface area contributed by atoms with Gasteiger partial charge in [0.25, 0.3) is 7.82 Å². The quantitative estimate of drug-likeness (QED) is 0.0212. The minimum absolute atomic E-state index is 0.0345. The molecular weight excluding hydrogens is 940 g/mol. The number of unbranched alkanes of at least 4 members (excludes halogenated alkanes) is 20. The molecule has 0 saturated heterocycles. The predicted octanol–water partition coefficient (Wildman–Crippen LogP) is 17.5. The molecule has 0 fully saturated rings. The Kier molecular flexibility index (Phi) is 50.7. The zero-order valence-electron chi connectivity index (χ0n) is 48.3. The summed E-state index contributed by atoms with van der Waals surface area (Å²) in [6.07, 6.45) is 72.0. The Hall–Kier alpha value is -3.33. The van der Waals surface area contributed by atoms with Crippen LogP contribution < -0.4 is 10.2 Å². The Labute approximate surface area is 455 Å². The molecule has 424 valence electrons. The van der Waals surface area contributed by atoms with E-state index in [2.05, 4.69) is 123 Å². The third kappa shape index (κ3) is 53.5. The number of esters is 1. The van der Waals surface area contributed by atoms with E-state index in [0.29, 0.717) is 23.9 Å². The van der Waals surface area contributed by atoms with Crippen molar-refractivity contribution in [3.05, 3.63) is 109 Å². The van der Waals surface area contributed by atoms with Crippen molar-refractivity contribution in [2.24, 2.45) is 0 Å². The number of phosphoric ester groups is 1. The lowest BCUT2D eigenvalue weighted by atomic mass is 10.1. The van der Waals surface area contributed by atoms with E-state index >= 15 is 0 Å². The van der Waals surface area contributed by atoms with Crippen molar-refractivity contribution in [2.45, 2.75) is 245 Å². The van der Waals surface area contributed by atoms with Gasteiger partial charge < -0.3 is 28.5 Å². The van der Waals surface area contributed by atoms with E-state index in [9.17, 15) is 19.0 Å². The Morgan fingerprint density at radius 1 is 0.486 bits per heavy atom. The highest BCUT2D eigenvalue weighted by Crippen LogP contribution is 2.38. The van der Waals surface area contributed by atoms with Crippen molar-refractivity contribution in [3.63, 3.8) is 0 Å². The summed E-state index contributed by atoms with van der Waals surface area (Å²) in [6.45, 7) is 6.56. The van der Waals surface area contributed by atoms with Crippen LogP contribution in [0.2, 0.25) is 0 Å². The Morgan fingerprint density at radius 3 is 1.30 bits per heavy atom. The molecule has 9 nitrogen and oxygen atoms in total. The maximum absolute atomic E-state index is 13.5. The number of ether oxygens (including phenoxy) is 1. The summed E-state index contributed by atoms with van der Waals surface area (Å²) in [7, 11) is 1.15. The van der Waals surface area contributed by atoms with Gasteiger partial charge in [-0.2, -0.15) is 0 Å². The van der Waals surface area contributed by atoms with Gasteiger partial charge in [-0.05, 0) is 109 Å². The van der Waals surface area contributed by atoms with E-state index in [-0.39, 0.29) is 31.3 Å². The van der Waals surface area contributed by atoms with Crippen LogP contribution in [0.15, 0.2) is 109 Å². The third-order valence-corrected chi connectivity index (χ3v) is 13.4. The van der Waals surface area contributed by atoms with Gasteiger partial charge in [-0.15, -0.1) is 0 Å². The van der Waals surface area contributed by atoms with E-state index in [1.165, 1.54) is 64.2 Å². The number of hydrogen-bond donors (Lipinski definition) is 1. The lowest BCUT2D eigenvalue weighted by molar-refractivity contribution is -0.870. The molecular formula is C64H111N2O7P. The fourth-order valence-electron chi connectivity index (χ4n) is 7.91. The van der Waals surface area contributed by atoms with Crippen LogP contribution in [-0.2, 0) is 27.9 Å². The van der Waals surface area contributed by atoms with Gasteiger partial charge in [0.2, 0.25) is 5.91 Å². The predicted molar refractivity (Wildman–Crippen MR) is 316 cm³/mol. The van der Waals surface area contributed by atoms with Gasteiger partial charge in [-0.3, -0.25) is 14.2 Å². The van der Waals surface area contributed by atoms with E-state index in [0.717, 1.165) is 122 Å². The number of likely N-dealkylation sites (N-methyl/N-ethyl adjacent to an activating group) is 1. The van der Waals surface area contributed by atoms with Gasteiger partial charge in [0.15, 0.2) is 0 Å². The summed E-state index contributed by atoms with van der Waals surface area (Å²) in [5.41, 5.74) is 0. The first-order valence-corrected chi connectivity index (χ1v) is 31.2. The number of amides is 1. The van der Waals surface area contributed by atoms with E-state index < -0.39 is 26.6 Å². The molecule has 0 bridgehead atoms. The van der Waals surface area contributed by atoms with Crippen LogP contribution in [0.5, 0.6) is 0 Å². The fourth-order valence-corrected chi connectivity index (χ4v) is 8.64. The molecule has 0 spiro atoms. The highest BCUT2D eigenvalue weighted by Gasteiger charge is 2.27. The molecule has 0 saturated carbocycles. The molecule has 0 aliphatic carbocycles. The highest BCUT2D eigenvalue weighted by molar-refractivity contribution is 7.45. The van der Waals surface area contributed by atoms with Crippen LogP contribution in [0.1, 0.15) is 233 Å². The largest absolute Gasteiger partial charge is 0.756 e. The summed E-state index contributed by atoms with van der Waals surface area (Å²) in [6, 6.07) is -0.911. The van der Waals surface area contributed by atoms with Crippen LogP contribution in [0.3, 0.4) is 0 Å². The van der Waals surface area contributed by atoms with Crippen molar-refractivity contribution < 1.29 is 37.3 Å². The summed E-state index contributed by atoms with van der Waals surface area (Å²) >= 11 is 0. The number of rotatable bonds is 52. The first kappa shape index (κ1) is 70.7. The molecule has 0 radical (unpaired) electrons. The van der Waals surface area contributed by atoms with Gasteiger partial charge in [0.05, 0.1) is 33.8 Å². The summed E-state index contributed by atoms with van der Waals surface area (Å²) in [4.78, 5) is 39.9. The Balaban J connectivity index is 5.26. The zero-order chi connectivity index (χ0) is 54.3. The van der Waals surface area contributed by atoms with Crippen LogP contribution in [-0.4, -0.2) is 69.4 Å². The molecule has 3 unspecified atom stereocenters. The minimum Gasteiger partial charge on any atom is -0.756 e. The van der Waals surface area contributed by atoms with Crippen molar-refractivity contribution in [1.29, 1.82) is 0 Å². The van der Waals surface area contributed by atoms with Crippen molar-refractivity contribution in [3.8, 4) is 0 Å². The fraction of sp³-hybridized carbons (Fsp3) is 0.688. The van der Waals surface area contributed by atoms with Crippen molar-refractivity contribution in [1.82, 2.24) is 5.32 Å². The van der Waals surface area contributed by atoms with Gasteiger partial charge in [0.1, 0.15) is 19.3 Å². The number of nitrogens with zero attached hydrogens (tertiary/aromatic N) is 1. The van der Waals surface area contributed by atoms with Gasteiger partial charge in [-0.25, -0.2) is 0 Å². The second-order valence-corrected chi connectivity index (χ2v) is 22.1. The lowest BCUT2D eigenvalue weighted by Crippen LogP contribution is -2.47. The summed E-state index contributed by atoms with van der Waals surface area (Å²) in [5.74, 6) is -0.588. The molecule has 74 heavy (non-hydrogen) atoms. The second kappa shape index (κ2) is 53.1. The molecule has 0 aliphatic heterocycles. The number of hydrogen-bond acceptors (Lipinski definition) is 7. The minimum atomic E-state index is -4.71. The third-order valence-electron chi connectivity index (χ3n) is 12.4. The first-order chi connectivity index (χ1) is 35.9. The molecule has 0 heterocycles. The molecule has 1 amide bonds. The van der Waals surface area contributed by atoms with Gasteiger partial charge >= 0.3 is 5.97 Å². The molecule has 0 rings (SSSR count). The van der Waals surface area contributed by atoms with E-state index in [4.69, 9.17) is 13.8 Å². The van der Waals surface area contributed by atoms with Crippen LogP contribution >= 0.6 is 7.82 Å². The molecule has 0 aromatic carbocycles. The van der Waals surface area contributed by atoms with E-state index in [1.807, 2.05) is 33.3 Å². The topological polar surface area (TPSA) is 114 Å². The zero-order valence-corrected chi connectivity index (χ0v) is 49.1. The summed E-state index contributed by atoms with van der Waals surface area (Å²) in [5, 5.41) is 3.00. The first-order valence-electron chi connectivity index (χ1n) is 29.7. The summed E-state index contributed by atoms with van der Waals surface area (Å²) < 4.78 is 30.2. The normalized spacial score (nSPS) is 14.5. The van der Waals surface area contributed by atoms with Gasteiger partial charge in [-0.1, -0.05) is 220 Å². The SMILES string of the molecule is CC/C=C\C/C=C\C/C=C\C/C=C\C/C=C\CCCCCCCCCC(=O)OC(/C=C\CCCCCCCCCCC)C(COP(=O)([O-])OCC[N+](C)(C)C)NC(=O)CCCCCC/C=C/C/C=C/C/C=C/CC. The molecule has 1 N–H and O–H groups in total. The maximum Gasteiger partial charge on any atom is 0.306 e. The number of carbonyl (C=O) groups is 2. The molecule has 3 atom stereocenters. The van der Waals surface area contributed by atoms with Crippen molar-refractivity contribution in [2.75, 3.05) is 40.9 Å². The molecule has 10 heteroatoms. The maximum atomic E-state index is 13.5. The smallest absolute Gasteiger partial charge is 0.306 e. The highest BCUT2D eigenvalue weighted by atomic mass is 31.2. The number of allylic oxidation sites excluding steroid dienone is 17. The van der Waals surface area contributed by atoms with Gasteiger partial charge in [0, 0.05) is 12.8 Å². The number of carbonyl (C=O) groups excluding carboxylic acids is 2. The van der Waals surface area contributed by atoms with Crippen molar-refractivity contribution >= 4 is 19.7 Å². The Bertz CT molecular complexity index is 1640. The molecule has 0 aromatic rings. The monoisotopic (exact) mass is 1050 g/mol. The average molecular weight is 1050 g/mol. The average Bonchev–Trinajstić information content (AvgIpc) is 3.36. The molecule has 0 aromatic heterocycles. The van der Waals surface area contributed by atoms with E-state index in [1.54, 1.807) is 0 Å². The second-order valence-electron chi connectivity index (χ2n) is 20.7. The molecule has 0 aliphatic rings. The lowest BCUT2D eigenvalue weighted by Gasteiger charge is -2.30. The number of phosphoric acid groups is 1. The number of quaternary nitrogens is 1. The number of nitrogens with one attached hydrogen (secondary N) is 1. The Morgan fingerprint density at radius 2 is 0.865 bits per heavy atom.